The van der Waals surface area contributed by atoms with Gasteiger partial charge in [-0.1, -0.05) is 23.2 Å². The highest BCUT2D eigenvalue weighted by Gasteiger charge is 2.23. The summed E-state index contributed by atoms with van der Waals surface area (Å²) >= 11 is 11.9. The lowest BCUT2D eigenvalue weighted by molar-refractivity contribution is -0.139. The molecule has 1 aliphatic rings. The quantitative estimate of drug-likeness (QED) is 0.821. The smallest absolute Gasteiger partial charge is 0.317 e. The lowest BCUT2D eigenvalue weighted by Gasteiger charge is -2.33. The number of carboxylic acids is 1. The Hall–Kier alpha value is -1.01. The van der Waals surface area contributed by atoms with Crippen molar-refractivity contribution in [2.75, 3.05) is 32.9 Å². The second-order valence-corrected chi connectivity index (χ2v) is 5.97. The Morgan fingerprint density at radius 2 is 2.09 bits per heavy atom. The Labute approximate surface area is 139 Å². The Kier molecular flexibility index (Phi) is 6.76. The normalized spacial score (nSPS) is 16.0. The molecule has 0 bridgehead atoms. The molecule has 0 aliphatic carbocycles. The van der Waals surface area contributed by atoms with Gasteiger partial charge >= 0.3 is 5.97 Å². The summed E-state index contributed by atoms with van der Waals surface area (Å²) in [6.45, 7) is 2.24. The highest BCUT2D eigenvalue weighted by atomic mass is 35.5. The molecule has 1 N–H and O–H groups in total. The van der Waals surface area contributed by atoms with Gasteiger partial charge in [0.25, 0.3) is 0 Å². The first-order valence-corrected chi connectivity index (χ1v) is 7.93. The van der Waals surface area contributed by atoms with Gasteiger partial charge in [-0.15, -0.1) is 0 Å². The van der Waals surface area contributed by atoms with E-state index in [2.05, 4.69) is 0 Å². The number of benzene rings is 1. The van der Waals surface area contributed by atoms with E-state index in [1.54, 1.807) is 18.2 Å². The van der Waals surface area contributed by atoms with Gasteiger partial charge in [0.2, 0.25) is 0 Å². The summed E-state index contributed by atoms with van der Waals surface area (Å²) in [5.74, 6) is -0.288. The number of hydrogen-bond donors (Lipinski definition) is 1. The number of nitrogens with zero attached hydrogens (tertiary/aromatic N) is 1. The van der Waals surface area contributed by atoms with Crippen LogP contribution in [0, 0.1) is 0 Å². The number of aliphatic carboxylic acids is 1. The van der Waals surface area contributed by atoms with Crippen LogP contribution in [0.25, 0.3) is 0 Å². The van der Waals surface area contributed by atoms with Crippen molar-refractivity contribution in [2.24, 2.45) is 0 Å². The van der Waals surface area contributed by atoms with Gasteiger partial charge in [0, 0.05) is 30.8 Å². The van der Waals surface area contributed by atoms with E-state index in [0.717, 1.165) is 12.8 Å². The zero-order valence-electron chi connectivity index (χ0n) is 12.1. The standard InChI is InChI=1S/C15H19Cl2NO4/c16-11-1-2-14(13(17)9-11)22-8-5-18(10-15(19)20)12-3-6-21-7-4-12/h1-2,9,12H,3-8,10H2,(H,19,20). The van der Waals surface area contributed by atoms with Crippen LogP contribution in [0.4, 0.5) is 0 Å². The first-order chi connectivity index (χ1) is 10.6. The Bertz CT molecular complexity index is 506. The predicted octanol–water partition coefficient (Wildman–Crippen LogP) is 2.94. The van der Waals surface area contributed by atoms with Gasteiger partial charge in [-0.3, -0.25) is 9.69 Å². The van der Waals surface area contributed by atoms with Gasteiger partial charge in [0.15, 0.2) is 0 Å². The maximum Gasteiger partial charge on any atom is 0.317 e. The van der Waals surface area contributed by atoms with Crippen LogP contribution in [-0.4, -0.2) is 54.9 Å². The molecule has 0 unspecified atom stereocenters. The summed E-state index contributed by atoms with van der Waals surface area (Å²) in [5, 5.41) is 10.1. The molecular formula is C15H19Cl2NO4. The highest BCUT2D eigenvalue weighted by Crippen LogP contribution is 2.27. The molecule has 5 nitrogen and oxygen atoms in total. The Morgan fingerprint density at radius 1 is 1.36 bits per heavy atom. The number of halogens is 2. The fraction of sp³-hybridized carbons (Fsp3) is 0.533. The maximum atomic E-state index is 11.0. The van der Waals surface area contributed by atoms with E-state index in [1.807, 2.05) is 4.90 Å². The molecule has 1 saturated heterocycles. The van der Waals surface area contributed by atoms with Crippen molar-refractivity contribution in [2.45, 2.75) is 18.9 Å². The SMILES string of the molecule is O=C(O)CN(CCOc1ccc(Cl)cc1Cl)C1CCOCC1. The lowest BCUT2D eigenvalue weighted by atomic mass is 10.1. The van der Waals surface area contributed by atoms with Gasteiger partial charge in [-0.2, -0.15) is 0 Å². The fourth-order valence-corrected chi connectivity index (χ4v) is 2.94. The summed E-state index contributed by atoms with van der Waals surface area (Å²) in [5.41, 5.74) is 0. The monoisotopic (exact) mass is 347 g/mol. The second-order valence-electron chi connectivity index (χ2n) is 5.13. The van der Waals surface area contributed by atoms with Crippen molar-refractivity contribution in [3.8, 4) is 5.75 Å². The van der Waals surface area contributed by atoms with Crippen molar-refractivity contribution in [1.82, 2.24) is 4.90 Å². The van der Waals surface area contributed by atoms with Crippen molar-refractivity contribution in [3.05, 3.63) is 28.2 Å². The number of hydrogen-bond acceptors (Lipinski definition) is 4. The average Bonchev–Trinajstić information content (AvgIpc) is 2.49. The molecule has 0 spiro atoms. The zero-order chi connectivity index (χ0) is 15.9. The summed E-state index contributed by atoms with van der Waals surface area (Å²) in [6, 6.07) is 5.25. The van der Waals surface area contributed by atoms with Gasteiger partial charge in [0.05, 0.1) is 11.6 Å². The Balaban J connectivity index is 1.88. The molecule has 1 aromatic carbocycles. The van der Waals surface area contributed by atoms with E-state index in [0.29, 0.717) is 42.2 Å². The number of ether oxygens (including phenoxy) is 2. The third-order valence-corrected chi connectivity index (χ3v) is 4.11. The summed E-state index contributed by atoms with van der Waals surface area (Å²) in [4.78, 5) is 13.0. The summed E-state index contributed by atoms with van der Waals surface area (Å²) in [7, 11) is 0. The van der Waals surface area contributed by atoms with Crippen molar-refractivity contribution < 1.29 is 19.4 Å². The molecule has 0 amide bonds. The molecular weight excluding hydrogens is 329 g/mol. The molecule has 22 heavy (non-hydrogen) atoms. The first kappa shape index (κ1) is 17.3. The van der Waals surface area contributed by atoms with Crippen LogP contribution >= 0.6 is 23.2 Å². The molecule has 1 heterocycles. The summed E-state index contributed by atoms with van der Waals surface area (Å²) in [6.07, 6.45) is 1.68. The average molecular weight is 348 g/mol. The van der Waals surface area contributed by atoms with E-state index in [-0.39, 0.29) is 12.6 Å². The topological polar surface area (TPSA) is 59.0 Å². The first-order valence-electron chi connectivity index (χ1n) is 7.17. The predicted molar refractivity (Wildman–Crippen MR) is 85.0 cm³/mol. The number of carbonyl (C=O) groups is 1. The molecule has 2 rings (SSSR count). The Morgan fingerprint density at radius 3 is 2.73 bits per heavy atom. The van der Waals surface area contributed by atoms with Crippen LogP contribution in [0.1, 0.15) is 12.8 Å². The van der Waals surface area contributed by atoms with Crippen molar-refractivity contribution >= 4 is 29.2 Å². The van der Waals surface area contributed by atoms with Gasteiger partial charge < -0.3 is 14.6 Å². The summed E-state index contributed by atoms with van der Waals surface area (Å²) < 4.78 is 11.0. The maximum absolute atomic E-state index is 11.0. The van der Waals surface area contributed by atoms with Gasteiger partial charge in [-0.05, 0) is 31.0 Å². The molecule has 1 aliphatic heterocycles. The minimum atomic E-state index is -0.837. The van der Waals surface area contributed by atoms with E-state index < -0.39 is 5.97 Å². The van der Waals surface area contributed by atoms with Crippen LogP contribution in [0.5, 0.6) is 5.75 Å². The minimum absolute atomic E-state index is 0.00236. The van der Waals surface area contributed by atoms with Crippen LogP contribution in [0.15, 0.2) is 18.2 Å². The zero-order valence-corrected chi connectivity index (χ0v) is 13.6. The van der Waals surface area contributed by atoms with Gasteiger partial charge in [0.1, 0.15) is 12.4 Å². The second kappa shape index (κ2) is 8.58. The third kappa shape index (κ3) is 5.32. The van der Waals surface area contributed by atoms with E-state index in [4.69, 9.17) is 37.8 Å². The minimum Gasteiger partial charge on any atom is -0.491 e. The van der Waals surface area contributed by atoms with Crippen molar-refractivity contribution in [1.29, 1.82) is 0 Å². The largest absolute Gasteiger partial charge is 0.491 e. The van der Waals surface area contributed by atoms with Crippen molar-refractivity contribution in [3.63, 3.8) is 0 Å². The lowest BCUT2D eigenvalue weighted by Crippen LogP contribution is -2.44. The van der Waals surface area contributed by atoms with Crippen LogP contribution in [0.2, 0.25) is 10.0 Å². The molecule has 0 atom stereocenters. The van der Waals surface area contributed by atoms with E-state index >= 15 is 0 Å². The fourth-order valence-electron chi connectivity index (χ4n) is 2.48. The third-order valence-electron chi connectivity index (χ3n) is 3.58. The van der Waals surface area contributed by atoms with E-state index in [1.165, 1.54) is 0 Å². The molecule has 0 saturated carbocycles. The number of rotatable bonds is 7. The molecule has 0 radical (unpaired) electrons. The molecule has 0 aromatic heterocycles. The number of carboxylic acid groups (broad SMARTS) is 1. The highest BCUT2D eigenvalue weighted by molar-refractivity contribution is 6.35. The molecule has 122 valence electrons. The molecule has 1 fully saturated rings. The van der Waals surface area contributed by atoms with E-state index in [9.17, 15) is 4.79 Å². The molecule has 1 aromatic rings. The van der Waals surface area contributed by atoms with Crippen LogP contribution < -0.4 is 4.74 Å². The molecule has 7 heteroatoms. The van der Waals surface area contributed by atoms with Gasteiger partial charge in [-0.25, -0.2) is 0 Å². The van der Waals surface area contributed by atoms with Crippen LogP contribution in [-0.2, 0) is 9.53 Å². The van der Waals surface area contributed by atoms with Crippen LogP contribution in [0.3, 0.4) is 0 Å².